The van der Waals surface area contributed by atoms with Crippen molar-refractivity contribution in [3.05, 3.63) is 0 Å². The minimum Gasteiger partial charge on any atom is -0.325 e. The predicted molar refractivity (Wildman–Crippen MR) is 64.2 cm³/mol. The van der Waals surface area contributed by atoms with Gasteiger partial charge in [-0.1, -0.05) is 13.3 Å². The molecule has 16 heavy (non-hydrogen) atoms. The first-order chi connectivity index (χ1) is 7.64. The molecule has 4 heteroatoms. The van der Waals surface area contributed by atoms with Crippen LogP contribution in [0.4, 0.5) is 4.79 Å². The van der Waals surface area contributed by atoms with Crippen molar-refractivity contribution in [2.45, 2.75) is 44.6 Å². The summed E-state index contributed by atoms with van der Waals surface area (Å²) >= 11 is 0. The van der Waals surface area contributed by atoms with E-state index in [-0.39, 0.29) is 11.6 Å². The van der Waals surface area contributed by atoms with E-state index in [2.05, 4.69) is 6.92 Å². The van der Waals surface area contributed by atoms with Crippen LogP contribution in [0.5, 0.6) is 0 Å². The van der Waals surface area contributed by atoms with Crippen molar-refractivity contribution >= 4 is 6.03 Å². The molecule has 0 aromatic carbocycles. The molecule has 2 amide bonds. The first-order valence-corrected chi connectivity index (χ1v) is 6.47. The second-order valence-corrected chi connectivity index (χ2v) is 5.30. The van der Waals surface area contributed by atoms with E-state index in [0.29, 0.717) is 0 Å². The first-order valence-electron chi connectivity index (χ1n) is 6.47. The molecule has 2 rings (SSSR count). The monoisotopic (exact) mass is 225 g/mol. The van der Waals surface area contributed by atoms with Gasteiger partial charge in [-0.2, -0.15) is 0 Å². The Kier molecular flexibility index (Phi) is 3.38. The quantitative estimate of drug-likeness (QED) is 0.772. The molecule has 0 aliphatic carbocycles. The van der Waals surface area contributed by atoms with Crippen LogP contribution in [0.15, 0.2) is 0 Å². The maximum atomic E-state index is 12.1. The number of nitrogens with zero attached hydrogens (tertiary/aromatic N) is 2. The second-order valence-electron chi connectivity index (χ2n) is 5.30. The molecule has 0 bridgehead atoms. The number of urea groups is 1. The summed E-state index contributed by atoms with van der Waals surface area (Å²) in [6, 6.07) is 0.205. The summed E-state index contributed by atoms with van der Waals surface area (Å²) in [5.41, 5.74) is 6.06. The molecule has 0 unspecified atom stereocenters. The third-order valence-electron chi connectivity index (χ3n) is 3.66. The topological polar surface area (TPSA) is 49.6 Å². The molecule has 2 aliphatic heterocycles. The number of hydrogen-bond acceptors (Lipinski definition) is 2. The zero-order chi connectivity index (χ0) is 11.6. The molecule has 0 radical (unpaired) electrons. The summed E-state index contributed by atoms with van der Waals surface area (Å²) in [7, 11) is 0. The lowest BCUT2D eigenvalue weighted by Crippen LogP contribution is -2.70. The molecule has 0 aromatic heterocycles. The zero-order valence-electron chi connectivity index (χ0n) is 10.2. The summed E-state index contributed by atoms with van der Waals surface area (Å²) in [4.78, 5) is 16.0. The summed E-state index contributed by atoms with van der Waals surface area (Å²) in [6.07, 6.45) is 5.70. The third-order valence-corrected chi connectivity index (χ3v) is 3.66. The molecule has 2 heterocycles. The van der Waals surface area contributed by atoms with Crippen molar-refractivity contribution in [1.29, 1.82) is 0 Å². The summed E-state index contributed by atoms with van der Waals surface area (Å²) < 4.78 is 0. The summed E-state index contributed by atoms with van der Waals surface area (Å²) in [5.74, 6) is 0. The molecule has 92 valence electrons. The Morgan fingerprint density at radius 1 is 1.19 bits per heavy atom. The lowest BCUT2D eigenvalue weighted by atomic mass is 9.86. The van der Waals surface area contributed by atoms with E-state index < -0.39 is 0 Å². The Morgan fingerprint density at radius 2 is 1.81 bits per heavy atom. The van der Waals surface area contributed by atoms with Crippen LogP contribution in [0.3, 0.4) is 0 Å². The normalized spacial score (nSPS) is 24.1. The number of likely N-dealkylation sites (tertiary alicyclic amines) is 2. The smallest absolute Gasteiger partial charge is 0.320 e. The number of carbonyl (C=O) groups is 1. The average molecular weight is 225 g/mol. The van der Waals surface area contributed by atoms with Gasteiger partial charge in [-0.15, -0.1) is 0 Å². The molecular formula is C12H23N3O. The van der Waals surface area contributed by atoms with E-state index in [0.717, 1.165) is 51.9 Å². The van der Waals surface area contributed by atoms with Crippen LogP contribution in [0.25, 0.3) is 0 Å². The number of hydrogen-bond donors (Lipinski definition) is 1. The van der Waals surface area contributed by atoms with Crippen LogP contribution in [-0.2, 0) is 0 Å². The third kappa shape index (κ3) is 2.32. The van der Waals surface area contributed by atoms with Crippen LogP contribution in [0.1, 0.15) is 39.0 Å². The van der Waals surface area contributed by atoms with E-state index in [4.69, 9.17) is 5.73 Å². The molecule has 2 N–H and O–H groups in total. The van der Waals surface area contributed by atoms with Crippen molar-refractivity contribution in [2.75, 3.05) is 26.2 Å². The van der Waals surface area contributed by atoms with Crippen LogP contribution in [-0.4, -0.2) is 47.5 Å². The molecule has 4 nitrogen and oxygen atoms in total. The van der Waals surface area contributed by atoms with Gasteiger partial charge in [-0.05, 0) is 25.7 Å². The minimum absolute atomic E-state index is 0.0970. The van der Waals surface area contributed by atoms with E-state index in [9.17, 15) is 4.79 Å². The Balaban J connectivity index is 1.80. The van der Waals surface area contributed by atoms with Crippen molar-refractivity contribution < 1.29 is 4.79 Å². The first kappa shape index (κ1) is 11.7. The Labute approximate surface area is 97.8 Å². The molecule has 0 saturated carbocycles. The van der Waals surface area contributed by atoms with Crippen LogP contribution in [0.2, 0.25) is 0 Å². The number of piperidine rings is 1. The van der Waals surface area contributed by atoms with Gasteiger partial charge in [0.05, 0.1) is 5.54 Å². The van der Waals surface area contributed by atoms with Gasteiger partial charge in [0, 0.05) is 26.2 Å². The zero-order valence-corrected chi connectivity index (χ0v) is 10.2. The van der Waals surface area contributed by atoms with E-state index in [1.54, 1.807) is 0 Å². The van der Waals surface area contributed by atoms with Gasteiger partial charge in [-0.25, -0.2) is 4.79 Å². The van der Waals surface area contributed by atoms with Gasteiger partial charge in [0.2, 0.25) is 0 Å². The van der Waals surface area contributed by atoms with Gasteiger partial charge in [0.25, 0.3) is 0 Å². The second kappa shape index (κ2) is 4.62. The number of carbonyl (C=O) groups excluding carboxylic acids is 1. The average Bonchev–Trinajstić information content (AvgIpc) is 2.26. The van der Waals surface area contributed by atoms with Gasteiger partial charge >= 0.3 is 6.03 Å². The number of rotatable bonds is 2. The molecule has 2 saturated heterocycles. The van der Waals surface area contributed by atoms with Crippen molar-refractivity contribution in [3.8, 4) is 0 Å². The fraction of sp³-hybridized carbons (Fsp3) is 0.917. The molecule has 2 aliphatic rings. The van der Waals surface area contributed by atoms with Gasteiger partial charge in [0.1, 0.15) is 0 Å². The molecule has 0 spiro atoms. The predicted octanol–water partition coefficient (Wildman–Crippen LogP) is 1.41. The standard InChI is InChI=1S/C12H23N3O/c1-2-6-12(13)9-15(10-12)11(16)14-7-4-3-5-8-14/h2-10,13H2,1H3. The summed E-state index contributed by atoms with van der Waals surface area (Å²) in [5, 5.41) is 0. The minimum atomic E-state index is -0.0970. The van der Waals surface area contributed by atoms with E-state index >= 15 is 0 Å². The van der Waals surface area contributed by atoms with Crippen molar-refractivity contribution in [1.82, 2.24) is 9.80 Å². The Bertz CT molecular complexity index is 255. The maximum Gasteiger partial charge on any atom is 0.320 e. The molecule has 0 atom stereocenters. The Hall–Kier alpha value is -0.770. The Morgan fingerprint density at radius 3 is 2.38 bits per heavy atom. The molecule has 0 aromatic rings. The summed E-state index contributed by atoms with van der Waals surface area (Å²) in [6.45, 7) is 5.50. The number of amides is 2. The number of nitrogens with two attached hydrogens (primary N) is 1. The van der Waals surface area contributed by atoms with Crippen LogP contribution < -0.4 is 5.73 Å². The highest BCUT2D eigenvalue weighted by Gasteiger charge is 2.42. The van der Waals surface area contributed by atoms with Crippen LogP contribution in [0, 0.1) is 0 Å². The van der Waals surface area contributed by atoms with Gasteiger partial charge in [0.15, 0.2) is 0 Å². The van der Waals surface area contributed by atoms with Crippen LogP contribution >= 0.6 is 0 Å². The highest BCUT2D eigenvalue weighted by Crippen LogP contribution is 2.25. The SMILES string of the molecule is CCCC1(N)CN(C(=O)N2CCCCC2)C1. The van der Waals surface area contributed by atoms with Crippen molar-refractivity contribution in [3.63, 3.8) is 0 Å². The fourth-order valence-electron chi connectivity index (χ4n) is 2.79. The lowest BCUT2D eigenvalue weighted by Gasteiger charge is -2.49. The highest BCUT2D eigenvalue weighted by atomic mass is 16.2. The molecular weight excluding hydrogens is 202 g/mol. The van der Waals surface area contributed by atoms with Crippen molar-refractivity contribution in [2.24, 2.45) is 5.73 Å². The van der Waals surface area contributed by atoms with Gasteiger partial charge in [-0.3, -0.25) is 0 Å². The largest absolute Gasteiger partial charge is 0.325 e. The highest BCUT2D eigenvalue weighted by molar-refractivity contribution is 5.76. The molecule has 2 fully saturated rings. The van der Waals surface area contributed by atoms with E-state index in [1.807, 2.05) is 9.80 Å². The lowest BCUT2D eigenvalue weighted by molar-refractivity contribution is 0.0631. The van der Waals surface area contributed by atoms with Gasteiger partial charge < -0.3 is 15.5 Å². The fourth-order valence-corrected chi connectivity index (χ4v) is 2.79. The maximum absolute atomic E-state index is 12.1. The van der Waals surface area contributed by atoms with E-state index in [1.165, 1.54) is 6.42 Å².